The van der Waals surface area contributed by atoms with Crippen molar-refractivity contribution in [3.8, 4) is 0 Å². The minimum absolute atomic E-state index is 0.231. The van der Waals surface area contributed by atoms with Crippen LogP contribution in [0, 0.1) is 11.8 Å². The molecule has 1 saturated carbocycles. The number of halogens is 1. The first kappa shape index (κ1) is 13.2. The zero-order valence-electron chi connectivity index (χ0n) is 11.3. The predicted molar refractivity (Wildman–Crippen MR) is 80.4 cm³/mol. The fraction of sp³-hybridized carbons (Fsp3) is 0.562. The smallest absolute Gasteiger partial charge is 0.226 e. The Labute approximate surface area is 123 Å². The predicted octanol–water partition coefficient (Wildman–Crippen LogP) is 3.42. The lowest BCUT2D eigenvalue weighted by Crippen LogP contribution is -2.39. The Morgan fingerprint density at radius 3 is 2.79 bits per heavy atom. The Hall–Kier alpha value is -0.830. The van der Waals surface area contributed by atoms with Crippen molar-refractivity contribution in [2.45, 2.75) is 31.7 Å². The van der Waals surface area contributed by atoms with Crippen molar-refractivity contribution in [3.05, 3.63) is 35.9 Å². The molecule has 2 aliphatic rings. The number of carbonyl (C=O) groups is 1. The number of amides is 1. The highest BCUT2D eigenvalue weighted by Gasteiger charge is 2.48. The quantitative estimate of drug-likeness (QED) is 0.781. The van der Waals surface area contributed by atoms with Crippen molar-refractivity contribution in [2.24, 2.45) is 11.8 Å². The minimum atomic E-state index is 0.231. The van der Waals surface area contributed by atoms with E-state index in [1.165, 1.54) is 5.56 Å². The number of rotatable bonds is 3. The van der Waals surface area contributed by atoms with E-state index < -0.39 is 0 Å². The summed E-state index contributed by atoms with van der Waals surface area (Å²) in [6.07, 6.45) is 2.17. The first-order valence-electron chi connectivity index (χ1n) is 7.13. The van der Waals surface area contributed by atoms with Crippen LogP contribution < -0.4 is 0 Å². The molecule has 1 heterocycles. The van der Waals surface area contributed by atoms with Crippen molar-refractivity contribution >= 4 is 21.8 Å². The van der Waals surface area contributed by atoms with E-state index >= 15 is 0 Å². The average molecular weight is 322 g/mol. The summed E-state index contributed by atoms with van der Waals surface area (Å²) in [4.78, 5) is 14.7. The molecule has 1 amide bonds. The molecular weight excluding hydrogens is 302 g/mol. The lowest BCUT2D eigenvalue weighted by atomic mass is 10.0. The maximum absolute atomic E-state index is 12.6. The summed E-state index contributed by atoms with van der Waals surface area (Å²) >= 11 is 3.56. The first-order chi connectivity index (χ1) is 9.22. The first-order valence-corrected chi connectivity index (χ1v) is 8.26. The second kappa shape index (κ2) is 5.28. The Morgan fingerprint density at radius 2 is 2.11 bits per heavy atom. The molecule has 1 aliphatic carbocycles. The summed E-state index contributed by atoms with van der Waals surface area (Å²) in [5, 5.41) is 0.905. The van der Waals surface area contributed by atoms with E-state index in [1.54, 1.807) is 0 Å². The van der Waals surface area contributed by atoms with Crippen LogP contribution in [0.1, 0.15) is 31.2 Å². The van der Waals surface area contributed by atoms with Gasteiger partial charge in [-0.05, 0) is 30.2 Å². The number of benzene rings is 1. The number of hydrogen-bond acceptors (Lipinski definition) is 1. The van der Waals surface area contributed by atoms with Crippen LogP contribution >= 0.6 is 15.9 Å². The van der Waals surface area contributed by atoms with Gasteiger partial charge in [0, 0.05) is 23.8 Å². The third-order valence-electron chi connectivity index (χ3n) is 4.66. The Balaban J connectivity index is 1.67. The van der Waals surface area contributed by atoms with Gasteiger partial charge in [0.25, 0.3) is 0 Å². The summed E-state index contributed by atoms with van der Waals surface area (Å²) in [6, 6.07) is 10.8. The molecule has 3 heteroatoms. The normalized spacial score (nSPS) is 33.5. The molecule has 1 aromatic carbocycles. The summed E-state index contributed by atoms with van der Waals surface area (Å²) in [7, 11) is 0. The molecule has 1 aliphatic heterocycles. The van der Waals surface area contributed by atoms with Crippen LogP contribution in [0.15, 0.2) is 30.3 Å². The van der Waals surface area contributed by atoms with E-state index in [9.17, 15) is 4.79 Å². The lowest BCUT2D eigenvalue weighted by Gasteiger charge is -2.25. The summed E-state index contributed by atoms with van der Waals surface area (Å²) < 4.78 is 0. The van der Waals surface area contributed by atoms with Crippen LogP contribution in [0.4, 0.5) is 0 Å². The van der Waals surface area contributed by atoms with Crippen LogP contribution in [0.3, 0.4) is 0 Å². The van der Waals surface area contributed by atoms with Gasteiger partial charge in [-0.2, -0.15) is 0 Å². The van der Waals surface area contributed by atoms with Crippen molar-refractivity contribution in [1.29, 1.82) is 0 Å². The third-order valence-corrected chi connectivity index (χ3v) is 5.32. The lowest BCUT2D eigenvalue weighted by molar-refractivity contribution is -0.133. The van der Waals surface area contributed by atoms with Gasteiger partial charge < -0.3 is 4.90 Å². The van der Waals surface area contributed by atoms with Gasteiger partial charge >= 0.3 is 0 Å². The van der Waals surface area contributed by atoms with Gasteiger partial charge in [0.2, 0.25) is 5.91 Å². The third kappa shape index (κ3) is 2.45. The molecule has 19 heavy (non-hydrogen) atoms. The fourth-order valence-corrected chi connectivity index (χ4v) is 4.25. The van der Waals surface area contributed by atoms with Crippen LogP contribution in [0.5, 0.6) is 0 Å². The summed E-state index contributed by atoms with van der Waals surface area (Å²) in [5.41, 5.74) is 1.32. The molecule has 2 nitrogen and oxygen atoms in total. The topological polar surface area (TPSA) is 20.3 Å². The largest absolute Gasteiger partial charge is 0.338 e. The average Bonchev–Trinajstić information content (AvgIpc) is 3.16. The number of alkyl halides is 1. The highest BCUT2D eigenvalue weighted by molar-refractivity contribution is 9.09. The van der Waals surface area contributed by atoms with Crippen LogP contribution in [0.2, 0.25) is 0 Å². The molecule has 2 fully saturated rings. The molecule has 4 atom stereocenters. The van der Waals surface area contributed by atoms with Crippen molar-refractivity contribution < 1.29 is 4.79 Å². The second-order valence-corrected chi connectivity index (χ2v) is 6.53. The number of carbonyl (C=O) groups excluding carboxylic acids is 1. The van der Waals surface area contributed by atoms with Gasteiger partial charge in [0.05, 0.1) is 0 Å². The summed E-state index contributed by atoms with van der Waals surface area (Å²) in [5.74, 6) is 1.69. The molecule has 4 unspecified atom stereocenters. The monoisotopic (exact) mass is 321 g/mol. The van der Waals surface area contributed by atoms with Gasteiger partial charge in [0.1, 0.15) is 0 Å². The zero-order valence-corrected chi connectivity index (χ0v) is 12.8. The standard InChI is InChI=1S/C16H20BrNO/c1-11-7-8-18(15(11)10-17)16(19)14-9-13(14)12-5-3-2-4-6-12/h2-6,11,13-15H,7-10H2,1H3. The molecule has 102 valence electrons. The maximum Gasteiger partial charge on any atom is 0.226 e. The van der Waals surface area contributed by atoms with Crippen molar-refractivity contribution in [1.82, 2.24) is 4.90 Å². The van der Waals surface area contributed by atoms with E-state index in [-0.39, 0.29) is 5.92 Å². The van der Waals surface area contributed by atoms with Gasteiger partial charge in [-0.15, -0.1) is 0 Å². The highest BCUT2D eigenvalue weighted by atomic mass is 79.9. The minimum Gasteiger partial charge on any atom is -0.338 e. The highest BCUT2D eigenvalue weighted by Crippen LogP contribution is 2.49. The molecular formula is C16H20BrNO. The fourth-order valence-electron chi connectivity index (χ4n) is 3.27. The Bertz CT molecular complexity index is 461. The number of hydrogen-bond donors (Lipinski definition) is 0. The van der Waals surface area contributed by atoms with E-state index in [4.69, 9.17) is 0 Å². The molecule has 1 saturated heterocycles. The van der Waals surface area contributed by atoms with Gasteiger partial charge in [0.15, 0.2) is 0 Å². The molecule has 0 spiro atoms. The SMILES string of the molecule is CC1CCN(C(=O)C2CC2c2ccccc2)C1CBr. The van der Waals surface area contributed by atoms with Crippen molar-refractivity contribution in [2.75, 3.05) is 11.9 Å². The molecule has 3 rings (SSSR count). The second-order valence-electron chi connectivity index (χ2n) is 5.88. The Kier molecular flexibility index (Phi) is 3.66. The number of likely N-dealkylation sites (tertiary alicyclic amines) is 1. The summed E-state index contributed by atoms with van der Waals surface area (Å²) in [6.45, 7) is 3.19. The molecule has 1 aromatic rings. The van der Waals surface area contributed by atoms with E-state index in [1.807, 2.05) is 6.07 Å². The molecule has 0 N–H and O–H groups in total. The van der Waals surface area contributed by atoms with Gasteiger partial charge in [-0.1, -0.05) is 53.2 Å². The Morgan fingerprint density at radius 1 is 1.37 bits per heavy atom. The van der Waals surface area contributed by atoms with Crippen LogP contribution in [0.25, 0.3) is 0 Å². The molecule has 0 aromatic heterocycles. The van der Waals surface area contributed by atoms with E-state index in [2.05, 4.69) is 52.0 Å². The maximum atomic E-state index is 12.6. The van der Waals surface area contributed by atoms with Gasteiger partial charge in [-0.3, -0.25) is 4.79 Å². The molecule has 0 bridgehead atoms. The van der Waals surface area contributed by atoms with E-state index in [0.29, 0.717) is 23.8 Å². The van der Waals surface area contributed by atoms with Crippen LogP contribution in [-0.2, 0) is 4.79 Å². The van der Waals surface area contributed by atoms with Gasteiger partial charge in [-0.25, -0.2) is 0 Å². The zero-order chi connectivity index (χ0) is 13.4. The number of nitrogens with zero attached hydrogens (tertiary/aromatic N) is 1. The van der Waals surface area contributed by atoms with Crippen molar-refractivity contribution in [3.63, 3.8) is 0 Å². The van der Waals surface area contributed by atoms with Crippen LogP contribution in [-0.4, -0.2) is 28.7 Å². The molecule has 0 radical (unpaired) electrons. The van der Waals surface area contributed by atoms with E-state index in [0.717, 1.165) is 24.7 Å².